The molecule has 4 N–H and O–H groups in total. The molecule has 112 valence electrons. The molecule has 2 heterocycles. The van der Waals surface area contributed by atoms with Crippen LogP contribution in [0.25, 0.3) is 0 Å². The molecule has 0 radical (unpaired) electrons. The molecule has 1 fully saturated rings. The molecule has 1 aliphatic heterocycles. The Kier molecular flexibility index (Phi) is 4.72. The van der Waals surface area contributed by atoms with Crippen molar-refractivity contribution in [1.29, 1.82) is 0 Å². The first kappa shape index (κ1) is 14.9. The van der Waals surface area contributed by atoms with E-state index in [0.29, 0.717) is 22.4 Å². The molecule has 2 rings (SSSR count). The Morgan fingerprint density at radius 2 is 2.10 bits per heavy atom. The third kappa shape index (κ3) is 2.99. The van der Waals surface area contributed by atoms with Crippen LogP contribution in [-0.2, 0) is 0 Å². The third-order valence-corrected chi connectivity index (χ3v) is 4.71. The van der Waals surface area contributed by atoms with Crippen molar-refractivity contribution in [1.82, 2.24) is 10.2 Å². The fraction of sp³-hybridized carbons (Fsp3) is 0.615. The highest BCUT2D eigenvalue weighted by Gasteiger charge is 2.24. The highest BCUT2D eigenvalue weighted by Crippen LogP contribution is 2.43. The van der Waals surface area contributed by atoms with E-state index in [1.807, 2.05) is 0 Å². The third-order valence-electron chi connectivity index (χ3n) is 3.59. The number of anilines is 2. The van der Waals surface area contributed by atoms with Gasteiger partial charge < -0.3 is 26.0 Å². The molecule has 0 unspecified atom stereocenters. The highest BCUT2D eigenvalue weighted by atomic mass is 32.1. The van der Waals surface area contributed by atoms with Crippen LogP contribution in [-0.4, -0.2) is 51.1 Å². The quantitative estimate of drug-likeness (QED) is 0.778. The van der Waals surface area contributed by atoms with Gasteiger partial charge in [0.2, 0.25) is 0 Å². The average molecular weight is 298 g/mol. The van der Waals surface area contributed by atoms with E-state index >= 15 is 0 Å². The van der Waals surface area contributed by atoms with E-state index in [1.165, 1.54) is 11.3 Å². The van der Waals surface area contributed by atoms with E-state index in [0.717, 1.165) is 30.9 Å². The average Bonchev–Trinajstić information content (AvgIpc) is 2.76. The van der Waals surface area contributed by atoms with Gasteiger partial charge in [-0.15, -0.1) is 11.3 Å². The Labute approximate surface area is 123 Å². The second kappa shape index (κ2) is 6.32. The number of carbonyl (C=O) groups is 1. The molecule has 0 saturated carbocycles. The van der Waals surface area contributed by atoms with Gasteiger partial charge >= 0.3 is 0 Å². The maximum atomic E-state index is 11.8. The Morgan fingerprint density at radius 3 is 2.65 bits per heavy atom. The van der Waals surface area contributed by atoms with Gasteiger partial charge in [-0.05, 0) is 33.0 Å². The summed E-state index contributed by atoms with van der Waals surface area (Å²) in [6, 6.07) is 0.399. The number of rotatable bonds is 4. The van der Waals surface area contributed by atoms with Gasteiger partial charge in [0.15, 0.2) is 5.75 Å². The van der Waals surface area contributed by atoms with Crippen molar-refractivity contribution >= 4 is 27.9 Å². The van der Waals surface area contributed by atoms with Crippen molar-refractivity contribution in [2.45, 2.75) is 18.9 Å². The summed E-state index contributed by atoms with van der Waals surface area (Å²) in [6.07, 6.45) is 2.15. The molecule has 0 bridgehead atoms. The number of thiophene rings is 1. The number of hydrogen-bond donors (Lipinski definition) is 3. The molecule has 0 atom stereocenters. The van der Waals surface area contributed by atoms with Crippen LogP contribution in [0.3, 0.4) is 0 Å². The maximum absolute atomic E-state index is 11.8. The zero-order valence-corrected chi connectivity index (χ0v) is 13.0. The number of amides is 1. The van der Waals surface area contributed by atoms with Crippen LogP contribution < -0.4 is 21.1 Å². The summed E-state index contributed by atoms with van der Waals surface area (Å²) in [5.74, 6) is 0.398. The molecule has 7 heteroatoms. The van der Waals surface area contributed by atoms with Gasteiger partial charge in [-0.25, -0.2) is 0 Å². The second-order valence-corrected chi connectivity index (χ2v) is 6.03. The Hall–Kier alpha value is -1.47. The molecule has 1 saturated heterocycles. The lowest BCUT2D eigenvalue weighted by atomic mass is 10.1. The summed E-state index contributed by atoms with van der Waals surface area (Å²) in [5, 5.41) is 6.91. The normalized spacial score (nSPS) is 16.9. The number of methoxy groups -OCH3 is 1. The number of nitrogens with one attached hydrogen (secondary N) is 2. The number of nitrogens with two attached hydrogens (primary N) is 1. The second-order valence-electron chi connectivity index (χ2n) is 5.01. The molecular weight excluding hydrogens is 276 g/mol. The number of nitrogen functional groups attached to an aromatic ring is 1. The lowest BCUT2D eigenvalue weighted by Crippen LogP contribution is -2.36. The van der Waals surface area contributed by atoms with Gasteiger partial charge in [0.25, 0.3) is 5.91 Å². The minimum absolute atomic E-state index is 0.178. The Bertz CT molecular complexity index is 481. The minimum atomic E-state index is -0.178. The van der Waals surface area contributed by atoms with Crippen molar-refractivity contribution in [3.05, 3.63) is 4.88 Å². The van der Waals surface area contributed by atoms with E-state index in [-0.39, 0.29) is 5.91 Å². The van der Waals surface area contributed by atoms with E-state index in [1.54, 1.807) is 14.2 Å². The van der Waals surface area contributed by atoms with E-state index < -0.39 is 0 Å². The van der Waals surface area contributed by atoms with Gasteiger partial charge in [0.1, 0.15) is 15.6 Å². The Morgan fingerprint density at radius 1 is 1.45 bits per heavy atom. The van der Waals surface area contributed by atoms with Crippen LogP contribution in [0.1, 0.15) is 22.5 Å². The molecule has 6 nitrogen and oxygen atoms in total. The summed E-state index contributed by atoms with van der Waals surface area (Å²) in [4.78, 5) is 14.6. The molecule has 20 heavy (non-hydrogen) atoms. The summed E-state index contributed by atoms with van der Waals surface area (Å²) in [7, 11) is 5.30. The summed E-state index contributed by atoms with van der Waals surface area (Å²) >= 11 is 1.35. The van der Waals surface area contributed by atoms with Gasteiger partial charge in [0.05, 0.1) is 7.11 Å². The van der Waals surface area contributed by atoms with Crippen LogP contribution >= 0.6 is 11.3 Å². The number of ether oxygens (including phenoxy) is 1. The molecule has 0 aromatic carbocycles. The van der Waals surface area contributed by atoms with E-state index in [4.69, 9.17) is 10.5 Å². The first-order valence-electron chi connectivity index (χ1n) is 6.70. The predicted octanol–water partition coefficient (Wildman–Crippen LogP) is 1.20. The molecule has 1 aromatic rings. The molecular formula is C13H22N4O2S. The SMILES string of the molecule is CNC(=O)c1sc(NC2CCN(C)CC2)c(OC)c1N. The standard InChI is InChI=1S/C13H22N4O2S/c1-15-12(18)11-9(14)10(19-3)13(20-11)16-8-4-6-17(2)7-5-8/h8,16H,4-7,14H2,1-3H3,(H,15,18). The highest BCUT2D eigenvalue weighted by molar-refractivity contribution is 7.19. The van der Waals surface area contributed by atoms with E-state index in [9.17, 15) is 4.79 Å². The lowest BCUT2D eigenvalue weighted by molar-refractivity contribution is 0.0967. The first-order chi connectivity index (χ1) is 9.56. The lowest BCUT2D eigenvalue weighted by Gasteiger charge is -2.29. The molecule has 1 aliphatic rings. The van der Waals surface area contributed by atoms with Crippen molar-refractivity contribution in [3.63, 3.8) is 0 Å². The van der Waals surface area contributed by atoms with Gasteiger partial charge in [-0.2, -0.15) is 0 Å². The minimum Gasteiger partial charge on any atom is -0.492 e. The largest absolute Gasteiger partial charge is 0.492 e. The van der Waals surface area contributed by atoms with E-state index in [2.05, 4.69) is 22.6 Å². The van der Waals surface area contributed by atoms with Crippen LogP contribution in [0.2, 0.25) is 0 Å². The summed E-state index contributed by atoms with van der Waals surface area (Å²) in [6.45, 7) is 2.15. The van der Waals surface area contributed by atoms with Crippen molar-refractivity contribution in [3.8, 4) is 5.75 Å². The van der Waals surface area contributed by atoms with Crippen LogP contribution in [0.15, 0.2) is 0 Å². The summed E-state index contributed by atoms with van der Waals surface area (Å²) < 4.78 is 5.35. The molecule has 0 spiro atoms. The maximum Gasteiger partial charge on any atom is 0.263 e. The summed E-state index contributed by atoms with van der Waals surface area (Å²) in [5.41, 5.74) is 6.40. The number of carbonyl (C=O) groups excluding carboxylic acids is 1. The van der Waals surface area contributed by atoms with Crippen molar-refractivity contribution in [2.24, 2.45) is 0 Å². The number of likely N-dealkylation sites (tertiary alicyclic amines) is 1. The fourth-order valence-corrected chi connectivity index (χ4v) is 3.46. The zero-order valence-electron chi connectivity index (χ0n) is 12.2. The van der Waals surface area contributed by atoms with Crippen molar-refractivity contribution in [2.75, 3.05) is 45.3 Å². The monoisotopic (exact) mass is 298 g/mol. The molecule has 1 aromatic heterocycles. The first-order valence-corrected chi connectivity index (χ1v) is 7.51. The molecule has 0 aliphatic carbocycles. The fourth-order valence-electron chi connectivity index (χ4n) is 2.35. The van der Waals surface area contributed by atoms with Gasteiger partial charge in [0, 0.05) is 13.1 Å². The number of hydrogen-bond acceptors (Lipinski definition) is 6. The van der Waals surface area contributed by atoms with Crippen LogP contribution in [0, 0.1) is 0 Å². The Balaban J connectivity index is 2.16. The smallest absolute Gasteiger partial charge is 0.263 e. The van der Waals surface area contributed by atoms with Crippen molar-refractivity contribution < 1.29 is 9.53 Å². The topological polar surface area (TPSA) is 79.6 Å². The van der Waals surface area contributed by atoms with Crippen LogP contribution in [0.4, 0.5) is 10.7 Å². The predicted molar refractivity (Wildman–Crippen MR) is 82.8 cm³/mol. The molecule has 1 amide bonds. The number of piperidine rings is 1. The number of nitrogens with zero attached hydrogens (tertiary/aromatic N) is 1. The van der Waals surface area contributed by atoms with Gasteiger partial charge in [-0.3, -0.25) is 4.79 Å². The van der Waals surface area contributed by atoms with Crippen LogP contribution in [0.5, 0.6) is 5.75 Å². The van der Waals surface area contributed by atoms with Gasteiger partial charge in [-0.1, -0.05) is 0 Å². The zero-order chi connectivity index (χ0) is 14.7.